The van der Waals surface area contributed by atoms with Crippen molar-refractivity contribution in [2.24, 2.45) is 0 Å². The Labute approximate surface area is 130 Å². The number of benzene rings is 2. The van der Waals surface area contributed by atoms with Gasteiger partial charge in [0.1, 0.15) is 16.7 Å². The standard InChI is InChI=1S/C16H16N2O3S/c1-12-6-5-9-16(14(12)10-17)22(19,20)18-11-13-7-3-4-8-15(13)21-2/h3-9,18H,11H2,1-2H3. The van der Waals surface area contributed by atoms with Gasteiger partial charge in [0.25, 0.3) is 0 Å². The molecule has 0 spiro atoms. The smallest absolute Gasteiger partial charge is 0.242 e. The lowest BCUT2D eigenvalue weighted by molar-refractivity contribution is 0.409. The Balaban J connectivity index is 2.30. The third-order valence-electron chi connectivity index (χ3n) is 3.28. The van der Waals surface area contributed by atoms with Gasteiger partial charge in [-0.1, -0.05) is 30.3 Å². The number of ether oxygens (including phenoxy) is 1. The van der Waals surface area contributed by atoms with Crippen LogP contribution in [0, 0.1) is 18.3 Å². The minimum absolute atomic E-state index is 0.00935. The molecule has 0 fully saturated rings. The van der Waals surface area contributed by atoms with Crippen LogP contribution in [0.5, 0.6) is 5.75 Å². The van der Waals surface area contributed by atoms with Crippen molar-refractivity contribution < 1.29 is 13.2 Å². The summed E-state index contributed by atoms with van der Waals surface area (Å²) in [7, 11) is -2.25. The summed E-state index contributed by atoms with van der Waals surface area (Å²) < 4.78 is 32.6. The van der Waals surface area contributed by atoms with E-state index in [9.17, 15) is 8.42 Å². The number of rotatable bonds is 5. The lowest BCUT2D eigenvalue weighted by Gasteiger charge is -2.11. The molecule has 0 atom stereocenters. The zero-order valence-electron chi connectivity index (χ0n) is 12.3. The molecule has 0 aromatic heterocycles. The second-order valence-corrected chi connectivity index (χ2v) is 6.43. The summed E-state index contributed by atoms with van der Waals surface area (Å²) in [5.41, 5.74) is 1.51. The maximum absolute atomic E-state index is 12.4. The van der Waals surface area contributed by atoms with Crippen LogP contribution in [0.3, 0.4) is 0 Å². The fraction of sp³-hybridized carbons (Fsp3) is 0.188. The molecule has 0 unspecified atom stereocenters. The molecule has 114 valence electrons. The SMILES string of the molecule is COc1ccccc1CNS(=O)(=O)c1cccc(C)c1C#N. The van der Waals surface area contributed by atoms with Crippen molar-refractivity contribution in [1.82, 2.24) is 4.72 Å². The molecular weight excluding hydrogens is 300 g/mol. The lowest BCUT2D eigenvalue weighted by atomic mass is 10.1. The number of para-hydroxylation sites is 1. The Kier molecular flexibility index (Phi) is 4.81. The van der Waals surface area contributed by atoms with Crippen LogP contribution >= 0.6 is 0 Å². The minimum Gasteiger partial charge on any atom is -0.496 e. The van der Waals surface area contributed by atoms with E-state index in [-0.39, 0.29) is 17.0 Å². The molecule has 6 heteroatoms. The van der Waals surface area contributed by atoms with Crippen LogP contribution in [0.25, 0.3) is 0 Å². The van der Waals surface area contributed by atoms with Gasteiger partial charge in [0.2, 0.25) is 10.0 Å². The van der Waals surface area contributed by atoms with E-state index in [1.807, 2.05) is 12.1 Å². The highest BCUT2D eigenvalue weighted by atomic mass is 32.2. The van der Waals surface area contributed by atoms with E-state index in [1.165, 1.54) is 13.2 Å². The van der Waals surface area contributed by atoms with Gasteiger partial charge in [-0.05, 0) is 24.6 Å². The zero-order chi connectivity index (χ0) is 16.2. The summed E-state index contributed by atoms with van der Waals surface area (Å²) in [6, 6.07) is 13.9. The summed E-state index contributed by atoms with van der Waals surface area (Å²) >= 11 is 0. The Morgan fingerprint density at radius 2 is 1.91 bits per heavy atom. The van der Waals surface area contributed by atoms with Crippen molar-refractivity contribution in [2.45, 2.75) is 18.4 Å². The van der Waals surface area contributed by atoms with Crippen molar-refractivity contribution in [1.29, 1.82) is 5.26 Å². The quantitative estimate of drug-likeness (QED) is 0.918. The van der Waals surface area contributed by atoms with Crippen molar-refractivity contribution >= 4 is 10.0 Å². The maximum atomic E-state index is 12.4. The van der Waals surface area contributed by atoms with Gasteiger partial charge in [-0.15, -0.1) is 0 Å². The second-order valence-electron chi connectivity index (χ2n) is 4.70. The van der Waals surface area contributed by atoms with Gasteiger partial charge >= 0.3 is 0 Å². The highest BCUT2D eigenvalue weighted by Gasteiger charge is 2.20. The van der Waals surface area contributed by atoms with Crippen LogP contribution in [0.4, 0.5) is 0 Å². The summed E-state index contributed by atoms with van der Waals surface area (Å²) in [4.78, 5) is -0.00935. The zero-order valence-corrected chi connectivity index (χ0v) is 13.1. The number of hydrogen-bond acceptors (Lipinski definition) is 4. The summed E-state index contributed by atoms with van der Waals surface area (Å²) in [5, 5.41) is 9.17. The molecule has 0 amide bonds. The molecule has 0 aliphatic rings. The Morgan fingerprint density at radius 1 is 1.18 bits per heavy atom. The molecule has 22 heavy (non-hydrogen) atoms. The van der Waals surface area contributed by atoms with E-state index in [1.54, 1.807) is 37.3 Å². The summed E-state index contributed by atoms with van der Waals surface area (Å²) in [5.74, 6) is 0.606. The van der Waals surface area contributed by atoms with Crippen molar-refractivity contribution in [3.8, 4) is 11.8 Å². The number of nitrogens with zero attached hydrogens (tertiary/aromatic N) is 1. The number of nitriles is 1. The third-order valence-corrected chi connectivity index (χ3v) is 4.72. The van der Waals surface area contributed by atoms with Crippen molar-refractivity contribution in [3.05, 3.63) is 59.2 Å². The van der Waals surface area contributed by atoms with Crippen molar-refractivity contribution in [3.63, 3.8) is 0 Å². The predicted molar refractivity (Wildman–Crippen MR) is 82.9 cm³/mol. The van der Waals surface area contributed by atoms with E-state index >= 15 is 0 Å². The molecule has 5 nitrogen and oxygen atoms in total. The van der Waals surface area contributed by atoms with Crippen LogP contribution in [-0.4, -0.2) is 15.5 Å². The third kappa shape index (κ3) is 3.27. The molecule has 0 aliphatic heterocycles. The van der Waals surface area contributed by atoms with Crippen LogP contribution in [0.15, 0.2) is 47.4 Å². The summed E-state index contributed by atoms with van der Waals surface area (Å²) in [6.45, 7) is 1.79. The van der Waals surface area contributed by atoms with E-state index < -0.39 is 10.0 Å². The fourth-order valence-electron chi connectivity index (χ4n) is 2.11. The largest absolute Gasteiger partial charge is 0.496 e. The average molecular weight is 316 g/mol. The normalized spacial score (nSPS) is 11.0. The van der Waals surface area contributed by atoms with Crippen LogP contribution < -0.4 is 9.46 Å². The number of sulfonamides is 1. The number of aryl methyl sites for hydroxylation is 1. The first-order valence-electron chi connectivity index (χ1n) is 6.61. The first kappa shape index (κ1) is 16.0. The highest BCUT2D eigenvalue weighted by Crippen LogP contribution is 2.21. The Morgan fingerprint density at radius 3 is 2.59 bits per heavy atom. The van der Waals surface area contributed by atoms with Gasteiger partial charge in [0, 0.05) is 12.1 Å². The first-order chi connectivity index (χ1) is 10.5. The predicted octanol–water partition coefficient (Wildman–Crippen LogP) is 2.35. The molecular formula is C16H16N2O3S. The van der Waals surface area contributed by atoms with Crippen LogP contribution in [0.1, 0.15) is 16.7 Å². The molecule has 2 aromatic carbocycles. The van der Waals surface area contributed by atoms with Gasteiger partial charge < -0.3 is 4.74 Å². The van der Waals surface area contributed by atoms with Gasteiger partial charge in [-0.25, -0.2) is 13.1 Å². The first-order valence-corrected chi connectivity index (χ1v) is 8.09. The Hall–Kier alpha value is -2.36. The Bertz CT molecular complexity index is 824. The van der Waals surface area contributed by atoms with Gasteiger partial charge in [-0.2, -0.15) is 5.26 Å². The molecule has 1 N–H and O–H groups in total. The number of methoxy groups -OCH3 is 1. The second kappa shape index (κ2) is 6.60. The molecule has 0 heterocycles. The highest BCUT2D eigenvalue weighted by molar-refractivity contribution is 7.89. The van der Waals surface area contributed by atoms with Gasteiger partial charge in [-0.3, -0.25) is 0 Å². The van der Waals surface area contributed by atoms with Crippen LogP contribution in [0.2, 0.25) is 0 Å². The van der Waals surface area contributed by atoms with Gasteiger partial charge in [0.15, 0.2) is 0 Å². The monoisotopic (exact) mass is 316 g/mol. The summed E-state index contributed by atoms with van der Waals surface area (Å²) in [6.07, 6.45) is 0. The van der Waals surface area contributed by atoms with E-state index in [0.29, 0.717) is 11.3 Å². The van der Waals surface area contributed by atoms with Crippen molar-refractivity contribution in [2.75, 3.05) is 7.11 Å². The average Bonchev–Trinajstić information content (AvgIpc) is 2.53. The van der Waals surface area contributed by atoms with Crippen LogP contribution in [-0.2, 0) is 16.6 Å². The number of hydrogen-bond donors (Lipinski definition) is 1. The number of nitrogens with one attached hydrogen (secondary N) is 1. The topological polar surface area (TPSA) is 79.2 Å². The molecule has 2 rings (SSSR count). The van der Waals surface area contributed by atoms with E-state index in [4.69, 9.17) is 10.00 Å². The molecule has 0 bridgehead atoms. The van der Waals surface area contributed by atoms with Gasteiger partial charge in [0.05, 0.1) is 12.7 Å². The molecule has 0 aliphatic carbocycles. The molecule has 2 aromatic rings. The van der Waals surface area contributed by atoms with E-state index in [2.05, 4.69) is 4.72 Å². The lowest BCUT2D eigenvalue weighted by Crippen LogP contribution is -2.24. The molecule has 0 saturated heterocycles. The maximum Gasteiger partial charge on any atom is 0.242 e. The fourth-order valence-corrected chi connectivity index (χ4v) is 3.34. The minimum atomic E-state index is -3.78. The van der Waals surface area contributed by atoms with E-state index in [0.717, 1.165) is 5.56 Å². The molecule has 0 radical (unpaired) electrons. The molecule has 0 saturated carbocycles.